The molecular weight excluding hydrogens is 278 g/mol. The van der Waals surface area contributed by atoms with Crippen LogP contribution in [0.25, 0.3) is 0 Å². The van der Waals surface area contributed by atoms with E-state index in [1.807, 2.05) is 18.2 Å². The molecule has 0 atom stereocenters. The molecule has 0 radical (unpaired) electrons. The Balaban J connectivity index is 1.94. The first kappa shape index (κ1) is 15.1. The summed E-state index contributed by atoms with van der Waals surface area (Å²) >= 11 is 6.02. The molecule has 1 fully saturated rings. The van der Waals surface area contributed by atoms with Gasteiger partial charge in [-0.1, -0.05) is 11.6 Å². The summed E-state index contributed by atoms with van der Waals surface area (Å²) in [5.74, 6) is 0.0511. The molecule has 0 aromatic heterocycles. The molecule has 0 saturated heterocycles. The summed E-state index contributed by atoms with van der Waals surface area (Å²) in [6.07, 6.45) is 5.08. The summed E-state index contributed by atoms with van der Waals surface area (Å²) < 4.78 is 6.02. The van der Waals surface area contributed by atoms with Crippen molar-refractivity contribution >= 4 is 17.6 Å². The highest BCUT2D eigenvalue weighted by atomic mass is 35.5. The van der Waals surface area contributed by atoms with Gasteiger partial charge in [0.05, 0.1) is 12.5 Å². The molecule has 0 spiro atoms. The Kier molecular flexibility index (Phi) is 5.68. The molecule has 1 aromatic carbocycles. The molecule has 2 rings (SSSR count). The van der Waals surface area contributed by atoms with E-state index in [1.165, 1.54) is 12.8 Å². The maximum atomic E-state index is 10.5. The van der Waals surface area contributed by atoms with Crippen LogP contribution in [0.15, 0.2) is 18.2 Å². The minimum atomic E-state index is -0.800. The summed E-state index contributed by atoms with van der Waals surface area (Å²) in [5.41, 5.74) is 0.981. The zero-order chi connectivity index (χ0) is 14.4. The fourth-order valence-electron chi connectivity index (χ4n) is 2.41. The zero-order valence-electron chi connectivity index (χ0n) is 11.4. The van der Waals surface area contributed by atoms with Crippen molar-refractivity contribution in [3.63, 3.8) is 0 Å². The zero-order valence-corrected chi connectivity index (χ0v) is 12.2. The lowest BCUT2D eigenvalue weighted by molar-refractivity contribution is -0.136. The van der Waals surface area contributed by atoms with E-state index >= 15 is 0 Å². The summed E-state index contributed by atoms with van der Waals surface area (Å²) in [6.45, 7) is 1.00. The summed E-state index contributed by atoms with van der Waals surface area (Å²) in [4.78, 5) is 10.5. The third-order valence-corrected chi connectivity index (χ3v) is 3.68. The normalized spacial score (nSPS) is 15.4. The van der Waals surface area contributed by atoms with E-state index in [2.05, 4.69) is 5.32 Å². The summed E-state index contributed by atoms with van der Waals surface area (Å²) in [5, 5.41) is 12.4. The number of nitrogens with one attached hydrogen (secondary N) is 1. The summed E-state index contributed by atoms with van der Waals surface area (Å²) in [7, 11) is 0. The highest BCUT2D eigenvalue weighted by Crippen LogP contribution is 2.28. The first-order valence-corrected chi connectivity index (χ1v) is 7.40. The van der Waals surface area contributed by atoms with Crippen molar-refractivity contribution in [3.8, 4) is 5.75 Å². The lowest BCUT2D eigenvalue weighted by Gasteiger charge is -2.17. The van der Waals surface area contributed by atoms with Crippen molar-refractivity contribution in [1.82, 2.24) is 5.32 Å². The number of aliphatic carboxylic acids is 1. The Labute approximate surface area is 124 Å². The Morgan fingerprint density at radius 3 is 2.85 bits per heavy atom. The molecule has 0 aliphatic heterocycles. The molecule has 0 amide bonds. The van der Waals surface area contributed by atoms with Gasteiger partial charge in [0.1, 0.15) is 5.75 Å². The van der Waals surface area contributed by atoms with Crippen molar-refractivity contribution in [2.75, 3.05) is 6.54 Å². The van der Waals surface area contributed by atoms with Crippen LogP contribution < -0.4 is 10.1 Å². The number of hydrogen-bond donors (Lipinski definition) is 2. The van der Waals surface area contributed by atoms with Crippen LogP contribution in [0, 0.1) is 0 Å². The Morgan fingerprint density at radius 2 is 2.15 bits per heavy atom. The molecule has 0 unspecified atom stereocenters. The first-order valence-electron chi connectivity index (χ1n) is 7.03. The van der Waals surface area contributed by atoms with Gasteiger partial charge in [0, 0.05) is 23.7 Å². The Morgan fingerprint density at radius 1 is 1.40 bits per heavy atom. The van der Waals surface area contributed by atoms with Gasteiger partial charge in [-0.2, -0.15) is 0 Å². The van der Waals surface area contributed by atoms with Gasteiger partial charge in [-0.3, -0.25) is 4.79 Å². The second kappa shape index (κ2) is 7.50. The topological polar surface area (TPSA) is 58.6 Å². The molecule has 1 aliphatic rings. The molecule has 2 N–H and O–H groups in total. The van der Waals surface area contributed by atoms with Gasteiger partial charge in [-0.25, -0.2) is 0 Å². The highest BCUT2D eigenvalue weighted by Gasteiger charge is 2.18. The second-order valence-corrected chi connectivity index (χ2v) is 5.53. The summed E-state index contributed by atoms with van der Waals surface area (Å²) in [6, 6.07) is 5.60. The minimum Gasteiger partial charge on any atom is -0.490 e. The van der Waals surface area contributed by atoms with E-state index in [0.717, 1.165) is 24.2 Å². The van der Waals surface area contributed by atoms with E-state index in [0.29, 0.717) is 24.2 Å². The van der Waals surface area contributed by atoms with Gasteiger partial charge in [0.15, 0.2) is 0 Å². The smallest absolute Gasteiger partial charge is 0.304 e. The molecule has 4 nitrogen and oxygen atoms in total. The molecule has 20 heavy (non-hydrogen) atoms. The van der Waals surface area contributed by atoms with Crippen molar-refractivity contribution < 1.29 is 14.6 Å². The third kappa shape index (κ3) is 4.69. The van der Waals surface area contributed by atoms with E-state index in [9.17, 15) is 4.79 Å². The van der Waals surface area contributed by atoms with Crippen molar-refractivity contribution in [2.24, 2.45) is 0 Å². The number of ether oxygens (including phenoxy) is 1. The average Bonchev–Trinajstić information content (AvgIpc) is 2.90. The van der Waals surface area contributed by atoms with Crippen LogP contribution >= 0.6 is 11.6 Å². The fraction of sp³-hybridized carbons (Fsp3) is 0.533. The van der Waals surface area contributed by atoms with E-state index < -0.39 is 5.97 Å². The number of carboxylic acid groups (broad SMARTS) is 1. The predicted molar refractivity (Wildman–Crippen MR) is 78.3 cm³/mol. The molecule has 1 saturated carbocycles. The van der Waals surface area contributed by atoms with Gasteiger partial charge in [-0.15, -0.1) is 0 Å². The van der Waals surface area contributed by atoms with Crippen molar-refractivity contribution in [1.29, 1.82) is 0 Å². The van der Waals surface area contributed by atoms with Crippen LogP contribution in [-0.2, 0) is 11.3 Å². The molecule has 1 aromatic rings. The molecule has 5 heteroatoms. The lowest BCUT2D eigenvalue weighted by atomic mass is 10.2. The van der Waals surface area contributed by atoms with Crippen LogP contribution in [0.2, 0.25) is 5.02 Å². The van der Waals surface area contributed by atoms with Gasteiger partial charge in [0.2, 0.25) is 0 Å². The predicted octanol–water partition coefficient (Wildman–Crippen LogP) is 3.23. The van der Waals surface area contributed by atoms with Gasteiger partial charge in [0.25, 0.3) is 0 Å². The number of benzene rings is 1. The van der Waals surface area contributed by atoms with Gasteiger partial charge < -0.3 is 15.2 Å². The fourth-order valence-corrected chi connectivity index (χ4v) is 2.60. The standard InChI is InChI=1S/C15H20ClNO3/c16-12-5-6-14(20-13-3-1-2-4-13)11(9-12)10-17-8-7-15(18)19/h5-6,9,13,17H,1-4,7-8,10H2,(H,18,19). The second-order valence-electron chi connectivity index (χ2n) is 5.10. The Hall–Kier alpha value is -1.26. The average molecular weight is 298 g/mol. The van der Waals surface area contributed by atoms with Gasteiger partial charge >= 0.3 is 5.97 Å². The molecule has 110 valence electrons. The first-order chi connectivity index (χ1) is 9.65. The largest absolute Gasteiger partial charge is 0.490 e. The SMILES string of the molecule is O=C(O)CCNCc1cc(Cl)ccc1OC1CCCC1. The highest BCUT2D eigenvalue weighted by molar-refractivity contribution is 6.30. The van der Waals surface area contributed by atoms with Crippen LogP contribution in [-0.4, -0.2) is 23.7 Å². The monoisotopic (exact) mass is 297 g/mol. The number of hydrogen-bond acceptors (Lipinski definition) is 3. The lowest BCUT2D eigenvalue weighted by Crippen LogP contribution is -2.19. The number of carbonyl (C=O) groups is 1. The number of halogens is 1. The molecule has 0 bridgehead atoms. The van der Waals surface area contributed by atoms with Crippen molar-refractivity contribution in [3.05, 3.63) is 28.8 Å². The minimum absolute atomic E-state index is 0.110. The van der Waals surface area contributed by atoms with E-state index in [-0.39, 0.29) is 6.42 Å². The van der Waals surface area contributed by atoms with Crippen LogP contribution in [0.4, 0.5) is 0 Å². The van der Waals surface area contributed by atoms with Crippen LogP contribution in [0.5, 0.6) is 5.75 Å². The van der Waals surface area contributed by atoms with E-state index in [4.69, 9.17) is 21.4 Å². The maximum absolute atomic E-state index is 10.5. The maximum Gasteiger partial charge on any atom is 0.304 e. The van der Waals surface area contributed by atoms with Crippen LogP contribution in [0.1, 0.15) is 37.7 Å². The Bertz CT molecular complexity index is 458. The van der Waals surface area contributed by atoms with Crippen LogP contribution in [0.3, 0.4) is 0 Å². The third-order valence-electron chi connectivity index (χ3n) is 3.45. The van der Waals surface area contributed by atoms with E-state index in [1.54, 1.807) is 0 Å². The molecular formula is C15H20ClNO3. The molecule has 1 aliphatic carbocycles. The van der Waals surface area contributed by atoms with Gasteiger partial charge in [-0.05, 0) is 43.9 Å². The van der Waals surface area contributed by atoms with Crippen molar-refractivity contribution in [2.45, 2.75) is 44.8 Å². The number of carboxylic acids is 1. The molecule has 0 heterocycles. The quantitative estimate of drug-likeness (QED) is 0.759. The number of rotatable bonds is 7.